The molecule has 3 heteroatoms. The Labute approximate surface area is 88.4 Å². The van der Waals surface area contributed by atoms with Crippen LogP contribution in [-0.2, 0) is 0 Å². The molecule has 2 heterocycles. The monoisotopic (exact) mass is 197 g/mol. The summed E-state index contributed by atoms with van der Waals surface area (Å²) in [7, 11) is 0. The van der Waals surface area contributed by atoms with Crippen molar-refractivity contribution in [2.24, 2.45) is 0 Å². The Hall–Kier alpha value is -2.16. The van der Waals surface area contributed by atoms with Gasteiger partial charge in [-0.15, -0.1) is 0 Å². The average molecular weight is 197 g/mol. The molecule has 0 radical (unpaired) electrons. The number of dihydropyridines is 1. The molecular formula is C12H11N3. The predicted octanol–water partition coefficient (Wildman–Crippen LogP) is 2.12. The van der Waals surface area contributed by atoms with Crippen LogP contribution in [0.15, 0.2) is 54.7 Å². The lowest BCUT2D eigenvalue weighted by Gasteiger charge is -2.10. The summed E-state index contributed by atoms with van der Waals surface area (Å²) in [6, 6.07) is 3.92. The van der Waals surface area contributed by atoms with E-state index in [1.165, 1.54) is 6.21 Å². The topological polar surface area (TPSA) is 48.8 Å². The molecule has 74 valence electrons. The van der Waals surface area contributed by atoms with Crippen LogP contribution in [0.5, 0.6) is 0 Å². The molecule has 0 fully saturated rings. The first-order chi connectivity index (χ1) is 7.40. The second-order valence-electron chi connectivity index (χ2n) is 3.11. The molecule has 1 aromatic heterocycles. The van der Waals surface area contributed by atoms with Gasteiger partial charge < -0.3 is 10.7 Å². The van der Waals surface area contributed by atoms with Crippen LogP contribution in [0.4, 0.5) is 0 Å². The highest BCUT2D eigenvalue weighted by Gasteiger charge is 2.02. The van der Waals surface area contributed by atoms with E-state index in [0.717, 1.165) is 16.8 Å². The highest BCUT2D eigenvalue weighted by atomic mass is 14.8. The highest BCUT2D eigenvalue weighted by molar-refractivity contribution is 5.79. The third-order valence-corrected chi connectivity index (χ3v) is 2.08. The minimum absolute atomic E-state index is 0.909. The van der Waals surface area contributed by atoms with Crippen molar-refractivity contribution < 1.29 is 0 Å². The van der Waals surface area contributed by atoms with Crippen molar-refractivity contribution >= 4 is 11.8 Å². The van der Waals surface area contributed by atoms with Crippen LogP contribution in [0, 0.1) is 5.41 Å². The number of nitrogens with one attached hydrogen (secondary N) is 2. The summed E-state index contributed by atoms with van der Waals surface area (Å²) in [5.74, 6) is 0. The van der Waals surface area contributed by atoms with Gasteiger partial charge in [-0.05, 0) is 29.9 Å². The third-order valence-electron chi connectivity index (χ3n) is 2.08. The first-order valence-corrected chi connectivity index (χ1v) is 4.66. The Morgan fingerprint density at radius 3 is 3.07 bits per heavy atom. The van der Waals surface area contributed by atoms with Crippen molar-refractivity contribution in [2.75, 3.05) is 0 Å². The Balaban J connectivity index is 2.34. The largest absolute Gasteiger partial charge is 0.362 e. The van der Waals surface area contributed by atoms with Crippen molar-refractivity contribution in [3.05, 3.63) is 60.2 Å². The molecule has 2 N–H and O–H groups in total. The van der Waals surface area contributed by atoms with Crippen molar-refractivity contribution in [3.63, 3.8) is 0 Å². The minimum Gasteiger partial charge on any atom is -0.362 e. The Kier molecular flexibility index (Phi) is 2.74. The summed E-state index contributed by atoms with van der Waals surface area (Å²) in [6.45, 7) is 0. The fraction of sp³-hybridized carbons (Fsp3) is 0. The van der Waals surface area contributed by atoms with E-state index in [-0.39, 0.29) is 0 Å². The molecule has 0 atom stereocenters. The molecule has 0 saturated heterocycles. The van der Waals surface area contributed by atoms with Crippen LogP contribution in [0.2, 0.25) is 0 Å². The first-order valence-electron chi connectivity index (χ1n) is 4.66. The molecule has 0 saturated carbocycles. The molecule has 1 aliphatic rings. The molecule has 0 aromatic carbocycles. The molecular weight excluding hydrogens is 186 g/mol. The second-order valence-corrected chi connectivity index (χ2v) is 3.11. The second kappa shape index (κ2) is 4.37. The average Bonchev–Trinajstić information content (AvgIpc) is 2.31. The molecule has 0 aliphatic carbocycles. The van der Waals surface area contributed by atoms with E-state index < -0.39 is 0 Å². The first kappa shape index (κ1) is 9.40. The maximum atomic E-state index is 7.00. The van der Waals surface area contributed by atoms with Gasteiger partial charge >= 0.3 is 0 Å². The minimum atomic E-state index is 0.909. The van der Waals surface area contributed by atoms with Crippen molar-refractivity contribution in [1.29, 1.82) is 5.41 Å². The lowest BCUT2D eigenvalue weighted by molar-refractivity contribution is 1.10. The summed E-state index contributed by atoms with van der Waals surface area (Å²) in [5, 5.41) is 10.1. The van der Waals surface area contributed by atoms with E-state index in [4.69, 9.17) is 5.41 Å². The van der Waals surface area contributed by atoms with Crippen LogP contribution >= 0.6 is 0 Å². The van der Waals surface area contributed by atoms with Crippen LogP contribution in [-0.4, -0.2) is 11.2 Å². The number of pyridine rings is 1. The van der Waals surface area contributed by atoms with Gasteiger partial charge in [-0.3, -0.25) is 4.98 Å². The standard InChI is InChI=1S/C12H11N3/c13-5-3-12-8-10(4-7-15-12)11-2-1-6-14-9-11/h1-9,13,15H/b12-3-,13-5?. The molecule has 0 bridgehead atoms. The van der Waals surface area contributed by atoms with E-state index in [1.807, 2.05) is 36.7 Å². The lowest BCUT2D eigenvalue weighted by Crippen LogP contribution is -2.07. The van der Waals surface area contributed by atoms with Gasteiger partial charge in [-0.25, -0.2) is 0 Å². The van der Waals surface area contributed by atoms with Gasteiger partial charge in [-0.1, -0.05) is 6.07 Å². The van der Waals surface area contributed by atoms with Crippen molar-refractivity contribution in [1.82, 2.24) is 10.3 Å². The van der Waals surface area contributed by atoms with Crippen LogP contribution in [0.1, 0.15) is 5.56 Å². The molecule has 0 amide bonds. The lowest BCUT2D eigenvalue weighted by atomic mass is 10.1. The maximum Gasteiger partial charge on any atom is 0.0401 e. The molecule has 2 rings (SSSR count). The van der Waals surface area contributed by atoms with Crippen molar-refractivity contribution in [3.8, 4) is 0 Å². The number of rotatable bonds is 2. The highest BCUT2D eigenvalue weighted by Crippen LogP contribution is 2.18. The van der Waals surface area contributed by atoms with Gasteiger partial charge in [0.2, 0.25) is 0 Å². The quantitative estimate of drug-likeness (QED) is 0.713. The molecule has 1 aliphatic heterocycles. The predicted molar refractivity (Wildman–Crippen MR) is 61.4 cm³/mol. The number of hydrogen-bond acceptors (Lipinski definition) is 3. The van der Waals surface area contributed by atoms with Crippen LogP contribution in [0.25, 0.3) is 5.57 Å². The fourth-order valence-corrected chi connectivity index (χ4v) is 1.38. The SMILES string of the molecule is N=C/C=C1/C=C(c2cccnc2)C=CN1. The van der Waals surface area contributed by atoms with Gasteiger partial charge in [-0.2, -0.15) is 0 Å². The molecule has 15 heavy (non-hydrogen) atoms. The van der Waals surface area contributed by atoms with E-state index >= 15 is 0 Å². The van der Waals surface area contributed by atoms with Crippen molar-refractivity contribution in [2.45, 2.75) is 0 Å². The summed E-state index contributed by atoms with van der Waals surface area (Å²) < 4.78 is 0. The van der Waals surface area contributed by atoms with Gasteiger partial charge in [0.25, 0.3) is 0 Å². The summed E-state index contributed by atoms with van der Waals surface area (Å²) in [6.07, 6.45) is 12.4. The van der Waals surface area contributed by atoms with E-state index in [9.17, 15) is 0 Å². The van der Waals surface area contributed by atoms with Gasteiger partial charge in [0.1, 0.15) is 0 Å². The number of aromatic nitrogens is 1. The zero-order valence-corrected chi connectivity index (χ0v) is 8.14. The Bertz CT molecular complexity index is 441. The summed E-state index contributed by atoms with van der Waals surface area (Å²) in [4.78, 5) is 4.07. The number of allylic oxidation sites excluding steroid dienone is 4. The van der Waals surface area contributed by atoms with Crippen LogP contribution in [0.3, 0.4) is 0 Å². The van der Waals surface area contributed by atoms with Gasteiger partial charge in [0.05, 0.1) is 0 Å². The molecule has 3 nitrogen and oxygen atoms in total. The molecule has 1 aromatic rings. The van der Waals surface area contributed by atoms with Gasteiger partial charge in [0.15, 0.2) is 0 Å². The van der Waals surface area contributed by atoms with Crippen LogP contribution < -0.4 is 5.32 Å². The van der Waals surface area contributed by atoms with E-state index in [0.29, 0.717) is 0 Å². The summed E-state index contributed by atoms with van der Waals surface area (Å²) in [5.41, 5.74) is 3.08. The fourth-order valence-electron chi connectivity index (χ4n) is 1.38. The van der Waals surface area contributed by atoms with E-state index in [2.05, 4.69) is 10.3 Å². The Morgan fingerprint density at radius 1 is 1.40 bits per heavy atom. The van der Waals surface area contributed by atoms with E-state index in [1.54, 1.807) is 12.3 Å². The number of nitrogens with zero attached hydrogens (tertiary/aromatic N) is 1. The molecule has 0 spiro atoms. The number of hydrogen-bond donors (Lipinski definition) is 2. The molecule has 0 unspecified atom stereocenters. The normalized spacial score (nSPS) is 17.1. The van der Waals surface area contributed by atoms with Gasteiger partial charge in [0, 0.05) is 36.1 Å². The third kappa shape index (κ3) is 2.20. The summed E-state index contributed by atoms with van der Waals surface area (Å²) >= 11 is 0. The zero-order valence-electron chi connectivity index (χ0n) is 8.14. The maximum absolute atomic E-state index is 7.00. The zero-order chi connectivity index (χ0) is 10.5. The smallest absolute Gasteiger partial charge is 0.0401 e. The Morgan fingerprint density at radius 2 is 2.33 bits per heavy atom.